The van der Waals surface area contributed by atoms with Crippen LogP contribution < -0.4 is 0 Å². The lowest BCUT2D eigenvalue weighted by atomic mass is 9.77. The highest BCUT2D eigenvalue weighted by molar-refractivity contribution is 5.82. The molecule has 0 saturated heterocycles. The van der Waals surface area contributed by atoms with Crippen molar-refractivity contribution >= 4 is 11.9 Å². The molecule has 0 aromatic rings. The van der Waals surface area contributed by atoms with Crippen LogP contribution in [0.4, 0.5) is 0 Å². The summed E-state index contributed by atoms with van der Waals surface area (Å²) < 4.78 is 10.2. The molecule has 18 heavy (non-hydrogen) atoms. The summed E-state index contributed by atoms with van der Waals surface area (Å²) in [5, 5.41) is 0. The Morgan fingerprint density at radius 1 is 0.778 bits per heavy atom. The third-order valence-corrected chi connectivity index (χ3v) is 2.94. The van der Waals surface area contributed by atoms with Crippen molar-refractivity contribution in [3.63, 3.8) is 0 Å². The van der Waals surface area contributed by atoms with E-state index < -0.39 is 11.8 Å². The maximum Gasteiger partial charge on any atom is 0.310 e. The quantitative estimate of drug-likeness (QED) is 0.659. The molecule has 0 bridgehead atoms. The van der Waals surface area contributed by atoms with E-state index in [-0.39, 0.29) is 23.8 Å². The minimum absolute atomic E-state index is 0.0425. The summed E-state index contributed by atoms with van der Waals surface area (Å²) in [5.41, 5.74) is 0. The molecule has 0 radical (unpaired) electrons. The molecule has 0 spiro atoms. The minimum atomic E-state index is -0.441. The maximum atomic E-state index is 12.0. The van der Waals surface area contributed by atoms with Crippen LogP contribution in [0, 0.1) is 23.7 Å². The van der Waals surface area contributed by atoms with Crippen LogP contribution in [0.3, 0.4) is 0 Å². The Labute approximate surface area is 110 Å². The van der Waals surface area contributed by atoms with Crippen molar-refractivity contribution in [2.45, 2.75) is 41.5 Å². The van der Waals surface area contributed by atoms with Gasteiger partial charge in [0.25, 0.3) is 0 Å². The number of ether oxygens (including phenoxy) is 2. The Morgan fingerprint density at radius 2 is 1.06 bits per heavy atom. The van der Waals surface area contributed by atoms with E-state index in [0.29, 0.717) is 13.2 Å². The molecule has 2 atom stereocenters. The second-order valence-electron chi connectivity index (χ2n) is 5.04. The molecule has 0 aliphatic heterocycles. The lowest BCUT2D eigenvalue weighted by Gasteiger charge is -2.29. The van der Waals surface area contributed by atoms with E-state index in [1.54, 1.807) is 13.8 Å². The lowest BCUT2D eigenvalue weighted by molar-refractivity contribution is -0.164. The number of carbonyl (C=O) groups excluding carboxylic acids is 2. The fraction of sp³-hybridized carbons (Fsp3) is 0.857. The van der Waals surface area contributed by atoms with Gasteiger partial charge in [0.2, 0.25) is 0 Å². The molecule has 0 aliphatic carbocycles. The fourth-order valence-corrected chi connectivity index (χ4v) is 2.14. The van der Waals surface area contributed by atoms with Gasteiger partial charge in [-0.1, -0.05) is 27.7 Å². The summed E-state index contributed by atoms with van der Waals surface area (Å²) in [7, 11) is 0. The molecule has 0 heterocycles. The smallest absolute Gasteiger partial charge is 0.310 e. The Bertz CT molecular complexity index is 243. The Balaban J connectivity index is 5.11. The van der Waals surface area contributed by atoms with Gasteiger partial charge in [-0.2, -0.15) is 0 Å². The molecule has 4 nitrogen and oxygen atoms in total. The summed E-state index contributed by atoms with van der Waals surface area (Å²) in [4.78, 5) is 24.0. The zero-order valence-electron chi connectivity index (χ0n) is 12.4. The summed E-state index contributed by atoms with van der Waals surface area (Å²) in [5.74, 6) is -1.41. The van der Waals surface area contributed by atoms with Crippen LogP contribution in [0.2, 0.25) is 0 Å². The SMILES string of the molecule is CCOC(=O)[C@H](C(C)C)[C@H](C(=O)OCC)C(C)C. The average Bonchev–Trinajstić information content (AvgIpc) is 2.24. The van der Waals surface area contributed by atoms with E-state index in [1.807, 2.05) is 27.7 Å². The summed E-state index contributed by atoms with van der Waals surface area (Å²) >= 11 is 0. The van der Waals surface area contributed by atoms with Crippen LogP contribution in [-0.2, 0) is 19.1 Å². The molecular weight excluding hydrogens is 232 g/mol. The van der Waals surface area contributed by atoms with Gasteiger partial charge < -0.3 is 9.47 Å². The highest BCUT2D eigenvalue weighted by Gasteiger charge is 2.39. The highest BCUT2D eigenvalue weighted by atomic mass is 16.5. The van der Waals surface area contributed by atoms with E-state index in [2.05, 4.69) is 0 Å². The third kappa shape index (κ3) is 4.67. The van der Waals surface area contributed by atoms with Crippen LogP contribution in [0.15, 0.2) is 0 Å². The van der Waals surface area contributed by atoms with Gasteiger partial charge in [-0.3, -0.25) is 9.59 Å². The van der Waals surface area contributed by atoms with E-state index in [0.717, 1.165) is 0 Å². The molecule has 0 saturated carbocycles. The normalized spacial score (nSPS) is 14.4. The first kappa shape index (κ1) is 16.9. The number of rotatable bonds is 7. The van der Waals surface area contributed by atoms with Gasteiger partial charge in [-0.05, 0) is 25.7 Å². The molecule has 0 rings (SSSR count). The molecule has 4 heteroatoms. The van der Waals surface area contributed by atoms with Gasteiger partial charge in [0.1, 0.15) is 0 Å². The van der Waals surface area contributed by atoms with Crippen molar-refractivity contribution in [1.82, 2.24) is 0 Å². The first-order valence-corrected chi connectivity index (χ1v) is 6.69. The predicted molar refractivity (Wildman–Crippen MR) is 69.9 cm³/mol. The Hall–Kier alpha value is -1.06. The van der Waals surface area contributed by atoms with Crippen molar-refractivity contribution in [3.05, 3.63) is 0 Å². The van der Waals surface area contributed by atoms with E-state index in [1.165, 1.54) is 0 Å². The van der Waals surface area contributed by atoms with E-state index >= 15 is 0 Å². The van der Waals surface area contributed by atoms with Crippen molar-refractivity contribution in [2.75, 3.05) is 13.2 Å². The fourth-order valence-electron chi connectivity index (χ4n) is 2.14. The monoisotopic (exact) mass is 258 g/mol. The van der Waals surface area contributed by atoms with Crippen LogP contribution >= 0.6 is 0 Å². The maximum absolute atomic E-state index is 12.0. The number of esters is 2. The Kier molecular flexibility index (Phi) is 7.64. The molecule has 0 fully saturated rings. The zero-order valence-corrected chi connectivity index (χ0v) is 12.4. The van der Waals surface area contributed by atoms with Crippen LogP contribution in [-0.4, -0.2) is 25.2 Å². The molecule has 0 aromatic carbocycles. The molecule has 0 aliphatic rings. The molecular formula is C14H26O4. The van der Waals surface area contributed by atoms with E-state index in [9.17, 15) is 9.59 Å². The largest absolute Gasteiger partial charge is 0.466 e. The molecule has 106 valence electrons. The van der Waals surface area contributed by atoms with Gasteiger partial charge in [0.15, 0.2) is 0 Å². The molecule has 0 aromatic heterocycles. The predicted octanol–water partition coefficient (Wildman–Crippen LogP) is 2.66. The van der Waals surface area contributed by atoms with Gasteiger partial charge in [-0.15, -0.1) is 0 Å². The van der Waals surface area contributed by atoms with Gasteiger partial charge in [-0.25, -0.2) is 0 Å². The zero-order chi connectivity index (χ0) is 14.3. The van der Waals surface area contributed by atoms with Crippen LogP contribution in [0.25, 0.3) is 0 Å². The number of carbonyl (C=O) groups is 2. The first-order valence-electron chi connectivity index (χ1n) is 6.69. The number of hydrogen-bond acceptors (Lipinski definition) is 4. The second kappa shape index (κ2) is 8.11. The van der Waals surface area contributed by atoms with Crippen molar-refractivity contribution in [2.24, 2.45) is 23.7 Å². The van der Waals surface area contributed by atoms with Gasteiger partial charge >= 0.3 is 11.9 Å². The van der Waals surface area contributed by atoms with Gasteiger partial charge in [0, 0.05) is 0 Å². The van der Waals surface area contributed by atoms with Crippen LogP contribution in [0.5, 0.6) is 0 Å². The summed E-state index contributed by atoms with van der Waals surface area (Å²) in [6, 6.07) is 0. The Morgan fingerprint density at radius 3 is 1.22 bits per heavy atom. The van der Waals surface area contributed by atoms with E-state index in [4.69, 9.17) is 9.47 Å². The van der Waals surface area contributed by atoms with Crippen molar-refractivity contribution in [1.29, 1.82) is 0 Å². The van der Waals surface area contributed by atoms with Crippen LogP contribution in [0.1, 0.15) is 41.5 Å². The summed E-state index contributed by atoms with van der Waals surface area (Å²) in [6.45, 7) is 11.9. The molecule has 0 unspecified atom stereocenters. The molecule has 0 amide bonds. The standard InChI is InChI=1S/C14H26O4/c1-7-17-13(15)11(9(3)4)12(10(5)6)14(16)18-8-2/h9-12H,7-8H2,1-6H3/t11-,12-/m1/s1. The highest BCUT2D eigenvalue weighted by Crippen LogP contribution is 2.30. The van der Waals surface area contributed by atoms with Crippen molar-refractivity contribution < 1.29 is 19.1 Å². The topological polar surface area (TPSA) is 52.6 Å². The lowest BCUT2D eigenvalue weighted by Crippen LogP contribution is -2.39. The minimum Gasteiger partial charge on any atom is -0.466 e. The third-order valence-electron chi connectivity index (χ3n) is 2.94. The molecule has 0 N–H and O–H groups in total. The summed E-state index contributed by atoms with van der Waals surface area (Å²) in [6.07, 6.45) is 0. The van der Waals surface area contributed by atoms with Crippen molar-refractivity contribution in [3.8, 4) is 0 Å². The average molecular weight is 258 g/mol. The number of hydrogen-bond donors (Lipinski definition) is 0. The van der Waals surface area contributed by atoms with Gasteiger partial charge in [0.05, 0.1) is 25.0 Å². The first-order chi connectivity index (χ1) is 8.36. The second-order valence-corrected chi connectivity index (χ2v) is 5.04.